The standard InChI is InChI=1S/C13H16FNO2/c14-11-1-3-12(4-2-11)15-7-5-13(6-8-15)16-9-10-17-13/h1-4H,5-10H2. The summed E-state index contributed by atoms with van der Waals surface area (Å²) in [6.45, 7) is 3.20. The van der Waals surface area contributed by atoms with Crippen LogP contribution in [-0.4, -0.2) is 32.1 Å². The van der Waals surface area contributed by atoms with Crippen molar-refractivity contribution in [2.45, 2.75) is 18.6 Å². The van der Waals surface area contributed by atoms with E-state index in [1.165, 1.54) is 12.1 Å². The number of nitrogens with zero attached hydrogens (tertiary/aromatic N) is 1. The first kappa shape index (κ1) is 11.0. The predicted molar refractivity (Wildman–Crippen MR) is 62.5 cm³/mol. The molecule has 2 heterocycles. The first-order valence-electron chi connectivity index (χ1n) is 6.06. The van der Waals surface area contributed by atoms with Gasteiger partial charge in [-0.2, -0.15) is 0 Å². The number of hydrogen-bond acceptors (Lipinski definition) is 3. The molecule has 4 heteroatoms. The molecule has 2 aliphatic heterocycles. The molecule has 0 aromatic heterocycles. The van der Waals surface area contributed by atoms with Crippen LogP contribution in [0.1, 0.15) is 12.8 Å². The second-order valence-electron chi connectivity index (χ2n) is 4.57. The molecule has 2 saturated heterocycles. The van der Waals surface area contributed by atoms with Crippen molar-refractivity contribution in [3.8, 4) is 0 Å². The van der Waals surface area contributed by atoms with Gasteiger partial charge in [-0.05, 0) is 24.3 Å². The Balaban J connectivity index is 1.66. The van der Waals surface area contributed by atoms with Gasteiger partial charge in [-0.3, -0.25) is 0 Å². The van der Waals surface area contributed by atoms with Crippen molar-refractivity contribution < 1.29 is 13.9 Å². The molecule has 1 aromatic rings. The number of hydrogen-bond donors (Lipinski definition) is 0. The first-order valence-corrected chi connectivity index (χ1v) is 6.06. The van der Waals surface area contributed by atoms with Crippen LogP contribution in [-0.2, 0) is 9.47 Å². The lowest BCUT2D eigenvalue weighted by Crippen LogP contribution is -2.45. The van der Waals surface area contributed by atoms with Crippen LogP contribution in [0.4, 0.5) is 10.1 Å². The Hall–Kier alpha value is -1.13. The molecule has 3 nitrogen and oxygen atoms in total. The van der Waals surface area contributed by atoms with Crippen LogP contribution in [0, 0.1) is 5.82 Å². The minimum atomic E-state index is -0.337. The van der Waals surface area contributed by atoms with Crippen LogP contribution in [0.15, 0.2) is 24.3 Å². The quantitative estimate of drug-likeness (QED) is 0.747. The van der Waals surface area contributed by atoms with E-state index < -0.39 is 0 Å². The molecule has 0 amide bonds. The van der Waals surface area contributed by atoms with E-state index in [-0.39, 0.29) is 11.6 Å². The van der Waals surface area contributed by atoms with Crippen molar-refractivity contribution in [1.29, 1.82) is 0 Å². The summed E-state index contributed by atoms with van der Waals surface area (Å²) in [6, 6.07) is 6.65. The van der Waals surface area contributed by atoms with Crippen LogP contribution < -0.4 is 4.90 Å². The van der Waals surface area contributed by atoms with Crippen LogP contribution in [0.3, 0.4) is 0 Å². The van der Waals surface area contributed by atoms with E-state index in [2.05, 4.69) is 4.90 Å². The van der Waals surface area contributed by atoms with Gasteiger partial charge in [-0.1, -0.05) is 0 Å². The van der Waals surface area contributed by atoms with Gasteiger partial charge in [0.1, 0.15) is 5.82 Å². The van der Waals surface area contributed by atoms with Gasteiger partial charge in [0, 0.05) is 31.6 Å². The minimum Gasteiger partial charge on any atom is -0.371 e. The number of benzene rings is 1. The molecule has 17 heavy (non-hydrogen) atoms. The second kappa shape index (κ2) is 4.27. The number of piperidine rings is 1. The largest absolute Gasteiger partial charge is 0.371 e. The smallest absolute Gasteiger partial charge is 0.171 e. The van der Waals surface area contributed by atoms with E-state index in [1.807, 2.05) is 12.1 Å². The Kier molecular flexibility index (Phi) is 2.76. The fourth-order valence-electron chi connectivity index (χ4n) is 2.54. The summed E-state index contributed by atoms with van der Waals surface area (Å²) >= 11 is 0. The molecule has 1 spiro atoms. The van der Waals surface area contributed by atoms with Gasteiger partial charge in [0.15, 0.2) is 5.79 Å². The molecular formula is C13H16FNO2. The Morgan fingerprint density at radius 2 is 1.59 bits per heavy atom. The molecule has 0 aliphatic carbocycles. The Morgan fingerprint density at radius 3 is 2.18 bits per heavy atom. The number of anilines is 1. The monoisotopic (exact) mass is 237 g/mol. The van der Waals surface area contributed by atoms with Crippen LogP contribution in [0.5, 0.6) is 0 Å². The molecule has 0 radical (unpaired) electrons. The molecule has 2 fully saturated rings. The SMILES string of the molecule is Fc1ccc(N2CCC3(CC2)OCCO3)cc1. The highest BCUT2D eigenvalue weighted by Crippen LogP contribution is 2.33. The third-order valence-corrected chi connectivity index (χ3v) is 3.53. The molecule has 2 aliphatic rings. The van der Waals surface area contributed by atoms with E-state index in [1.54, 1.807) is 0 Å². The Labute approximate surface area is 100 Å². The van der Waals surface area contributed by atoms with Crippen LogP contribution in [0.25, 0.3) is 0 Å². The zero-order valence-electron chi connectivity index (χ0n) is 9.69. The van der Waals surface area contributed by atoms with Crippen molar-refractivity contribution in [1.82, 2.24) is 0 Å². The third-order valence-electron chi connectivity index (χ3n) is 3.53. The zero-order valence-corrected chi connectivity index (χ0v) is 9.69. The molecule has 0 atom stereocenters. The summed E-state index contributed by atoms with van der Waals surface area (Å²) in [5.74, 6) is -0.527. The van der Waals surface area contributed by atoms with Gasteiger partial charge >= 0.3 is 0 Å². The van der Waals surface area contributed by atoms with Gasteiger partial charge in [0.2, 0.25) is 0 Å². The van der Waals surface area contributed by atoms with Gasteiger partial charge in [-0.15, -0.1) is 0 Å². The maximum absolute atomic E-state index is 12.8. The highest BCUT2D eigenvalue weighted by molar-refractivity contribution is 5.46. The van der Waals surface area contributed by atoms with Gasteiger partial charge in [-0.25, -0.2) is 4.39 Å². The zero-order chi connectivity index (χ0) is 11.7. The minimum absolute atomic E-state index is 0.190. The summed E-state index contributed by atoms with van der Waals surface area (Å²) in [5, 5.41) is 0. The Bertz CT molecular complexity index is 377. The molecule has 0 saturated carbocycles. The fourth-order valence-corrected chi connectivity index (χ4v) is 2.54. The summed E-state index contributed by atoms with van der Waals surface area (Å²) in [4.78, 5) is 2.25. The summed E-state index contributed by atoms with van der Waals surface area (Å²) in [7, 11) is 0. The summed E-state index contributed by atoms with van der Waals surface area (Å²) in [5.41, 5.74) is 1.07. The van der Waals surface area contributed by atoms with Crippen molar-refractivity contribution >= 4 is 5.69 Å². The van der Waals surface area contributed by atoms with Crippen molar-refractivity contribution in [3.05, 3.63) is 30.1 Å². The normalized spacial score (nSPS) is 23.2. The average Bonchev–Trinajstić information content (AvgIpc) is 2.80. The van der Waals surface area contributed by atoms with Crippen molar-refractivity contribution in [3.63, 3.8) is 0 Å². The van der Waals surface area contributed by atoms with Gasteiger partial charge in [0.25, 0.3) is 0 Å². The number of rotatable bonds is 1. The molecule has 92 valence electrons. The van der Waals surface area contributed by atoms with E-state index in [0.717, 1.165) is 31.6 Å². The highest BCUT2D eigenvalue weighted by atomic mass is 19.1. The van der Waals surface area contributed by atoms with E-state index in [9.17, 15) is 4.39 Å². The van der Waals surface area contributed by atoms with Crippen molar-refractivity contribution in [2.75, 3.05) is 31.2 Å². The molecule has 0 unspecified atom stereocenters. The molecular weight excluding hydrogens is 221 g/mol. The average molecular weight is 237 g/mol. The fraction of sp³-hybridized carbons (Fsp3) is 0.538. The molecule has 0 N–H and O–H groups in total. The topological polar surface area (TPSA) is 21.7 Å². The number of halogens is 1. The lowest BCUT2D eigenvalue weighted by molar-refractivity contribution is -0.169. The van der Waals surface area contributed by atoms with Crippen molar-refractivity contribution in [2.24, 2.45) is 0 Å². The number of ether oxygens (including phenoxy) is 2. The highest BCUT2D eigenvalue weighted by Gasteiger charge is 2.39. The van der Waals surface area contributed by atoms with E-state index in [0.29, 0.717) is 13.2 Å². The van der Waals surface area contributed by atoms with Gasteiger partial charge < -0.3 is 14.4 Å². The first-order chi connectivity index (χ1) is 8.27. The predicted octanol–water partition coefficient (Wildman–Crippen LogP) is 2.17. The molecule has 3 rings (SSSR count). The second-order valence-corrected chi connectivity index (χ2v) is 4.57. The summed E-state index contributed by atoms with van der Waals surface area (Å²) < 4.78 is 24.2. The van der Waals surface area contributed by atoms with Crippen LogP contribution >= 0.6 is 0 Å². The third kappa shape index (κ3) is 2.15. The van der Waals surface area contributed by atoms with E-state index >= 15 is 0 Å². The molecule has 0 bridgehead atoms. The van der Waals surface area contributed by atoms with E-state index in [4.69, 9.17) is 9.47 Å². The molecule has 1 aromatic carbocycles. The van der Waals surface area contributed by atoms with Gasteiger partial charge in [0.05, 0.1) is 13.2 Å². The maximum Gasteiger partial charge on any atom is 0.171 e. The van der Waals surface area contributed by atoms with Crippen LogP contribution in [0.2, 0.25) is 0 Å². The lowest BCUT2D eigenvalue weighted by Gasteiger charge is -2.38. The summed E-state index contributed by atoms with van der Waals surface area (Å²) in [6.07, 6.45) is 1.76. The lowest BCUT2D eigenvalue weighted by atomic mass is 10.0. The maximum atomic E-state index is 12.8. The Morgan fingerprint density at radius 1 is 1.00 bits per heavy atom.